The molecule has 0 fully saturated rings. The van der Waals surface area contributed by atoms with E-state index < -0.39 is 17.8 Å². The van der Waals surface area contributed by atoms with Crippen molar-refractivity contribution in [2.45, 2.75) is 13.1 Å². The average Bonchev–Trinajstić information content (AvgIpc) is 2.34. The summed E-state index contributed by atoms with van der Waals surface area (Å²) in [4.78, 5) is 16.4. The molecule has 0 aliphatic heterocycles. The van der Waals surface area contributed by atoms with Gasteiger partial charge in [0, 0.05) is 12.7 Å². The number of terminal acetylenes is 1. The number of halogens is 3. The Morgan fingerprint density at radius 1 is 1.50 bits per heavy atom. The minimum Gasteiger partial charge on any atom is -0.328 e. The van der Waals surface area contributed by atoms with Gasteiger partial charge in [0.1, 0.15) is 5.69 Å². The molecule has 18 heavy (non-hydrogen) atoms. The first-order valence-electron chi connectivity index (χ1n) is 5.16. The summed E-state index contributed by atoms with van der Waals surface area (Å²) in [6.07, 6.45) is 1.49. The molecule has 0 aliphatic rings. The van der Waals surface area contributed by atoms with Crippen LogP contribution in [0.15, 0.2) is 18.3 Å². The Bertz CT molecular complexity index is 460. The van der Waals surface area contributed by atoms with Crippen molar-refractivity contribution in [3.63, 3.8) is 0 Å². The van der Waals surface area contributed by atoms with E-state index in [9.17, 15) is 18.0 Å². The topological polar surface area (TPSA) is 33.2 Å². The molecule has 0 saturated carbocycles. The van der Waals surface area contributed by atoms with Crippen LogP contribution in [-0.4, -0.2) is 28.9 Å². The highest BCUT2D eigenvalue weighted by atomic mass is 19.4. The van der Waals surface area contributed by atoms with E-state index in [1.54, 1.807) is 6.92 Å². The Kier molecular flexibility index (Phi) is 4.32. The molecule has 0 saturated heterocycles. The molecule has 1 aromatic heterocycles. The van der Waals surface area contributed by atoms with Gasteiger partial charge in [-0.3, -0.25) is 9.78 Å². The van der Waals surface area contributed by atoms with Gasteiger partial charge in [0.05, 0.1) is 12.1 Å². The Hall–Kier alpha value is -2.03. The van der Waals surface area contributed by atoms with Gasteiger partial charge in [0.2, 0.25) is 0 Å². The van der Waals surface area contributed by atoms with E-state index in [4.69, 9.17) is 6.42 Å². The summed E-state index contributed by atoms with van der Waals surface area (Å²) in [6, 6.07) is 1.87. The standard InChI is InChI=1S/C12H11F3N2O/c1-3-7-17(4-2)11(18)9-5-6-10(16-8-9)12(13,14)15/h1,5-6,8H,4,7H2,2H3. The largest absolute Gasteiger partial charge is 0.433 e. The maximum atomic E-state index is 12.3. The zero-order valence-electron chi connectivity index (χ0n) is 9.66. The molecule has 0 spiro atoms. The van der Waals surface area contributed by atoms with Gasteiger partial charge in [-0.15, -0.1) is 6.42 Å². The first kappa shape index (κ1) is 14.0. The van der Waals surface area contributed by atoms with Crippen molar-refractivity contribution in [3.05, 3.63) is 29.6 Å². The van der Waals surface area contributed by atoms with Crippen LogP contribution in [0.3, 0.4) is 0 Å². The highest BCUT2D eigenvalue weighted by Crippen LogP contribution is 2.27. The Labute approximate surface area is 103 Å². The summed E-state index contributed by atoms with van der Waals surface area (Å²) in [5.74, 6) is 1.88. The molecular weight excluding hydrogens is 245 g/mol. The second-order valence-corrected chi connectivity index (χ2v) is 3.45. The monoisotopic (exact) mass is 256 g/mol. The molecule has 0 radical (unpaired) electrons. The fourth-order valence-corrected chi connectivity index (χ4v) is 1.31. The van der Waals surface area contributed by atoms with Crippen molar-refractivity contribution >= 4 is 5.91 Å². The molecule has 3 nitrogen and oxygen atoms in total. The second kappa shape index (κ2) is 5.54. The van der Waals surface area contributed by atoms with Crippen molar-refractivity contribution in [2.24, 2.45) is 0 Å². The number of alkyl halides is 3. The van der Waals surface area contributed by atoms with E-state index in [1.165, 1.54) is 4.90 Å². The van der Waals surface area contributed by atoms with Gasteiger partial charge >= 0.3 is 6.18 Å². The summed E-state index contributed by atoms with van der Waals surface area (Å²) in [5.41, 5.74) is -0.945. The number of pyridine rings is 1. The van der Waals surface area contributed by atoms with E-state index >= 15 is 0 Å². The maximum Gasteiger partial charge on any atom is 0.433 e. The lowest BCUT2D eigenvalue weighted by Crippen LogP contribution is -2.31. The third-order valence-electron chi connectivity index (χ3n) is 2.25. The van der Waals surface area contributed by atoms with Crippen molar-refractivity contribution in [1.82, 2.24) is 9.88 Å². The van der Waals surface area contributed by atoms with Gasteiger partial charge < -0.3 is 4.90 Å². The SMILES string of the molecule is C#CCN(CC)C(=O)c1ccc(C(F)(F)F)nc1. The van der Waals surface area contributed by atoms with Gasteiger partial charge in [-0.2, -0.15) is 13.2 Å². The van der Waals surface area contributed by atoms with Crippen LogP contribution in [0.1, 0.15) is 23.0 Å². The van der Waals surface area contributed by atoms with E-state index in [1.807, 2.05) is 0 Å². The normalized spacial score (nSPS) is 10.8. The molecule has 0 unspecified atom stereocenters. The van der Waals surface area contributed by atoms with E-state index in [0.29, 0.717) is 6.54 Å². The number of hydrogen-bond acceptors (Lipinski definition) is 2. The highest BCUT2D eigenvalue weighted by molar-refractivity contribution is 5.94. The van der Waals surface area contributed by atoms with Crippen LogP contribution in [0.25, 0.3) is 0 Å². The zero-order chi connectivity index (χ0) is 13.8. The molecule has 0 N–H and O–H groups in total. The summed E-state index contributed by atoms with van der Waals surface area (Å²) in [6.45, 7) is 2.22. The van der Waals surface area contributed by atoms with Crippen LogP contribution in [0.5, 0.6) is 0 Å². The fraction of sp³-hybridized carbons (Fsp3) is 0.333. The van der Waals surface area contributed by atoms with Crippen LogP contribution in [0.4, 0.5) is 13.2 Å². The van der Waals surface area contributed by atoms with Gasteiger partial charge in [-0.05, 0) is 19.1 Å². The van der Waals surface area contributed by atoms with Gasteiger partial charge in [-0.25, -0.2) is 0 Å². The van der Waals surface area contributed by atoms with Crippen molar-refractivity contribution < 1.29 is 18.0 Å². The molecule has 0 aliphatic carbocycles. The van der Waals surface area contributed by atoms with Crippen molar-refractivity contribution in [2.75, 3.05) is 13.1 Å². The van der Waals surface area contributed by atoms with Gasteiger partial charge in [-0.1, -0.05) is 5.92 Å². The molecule has 1 rings (SSSR count). The van der Waals surface area contributed by atoms with Gasteiger partial charge in [0.25, 0.3) is 5.91 Å². The second-order valence-electron chi connectivity index (χ2n) is 3.45. The van der Waals surface area contributed by atoms with Crippen molar-refractivity contribution in [1.29, 1.82) is 0 Å². The number of nitrogens with zero attached hydrogens (tertiary/aromatic N) is 2. The van der Waals surface area contributed by atoms with Crippen LogP contribution in [0.2, 0.25) is 0 Å². The lowest BCUT2D eigenvalue weighted by molar-refractivity contribution is -0.141. The summed E-state index contributed by atoms with van der Waals surface area (Å²) >= 11 is 0. The number of carbonyl (C=O) groups excluding carboxylic acids is 1. The minimum atomic E-state index is -4.51. The predicted molar refractivity (Wildman–Crippen MR) is 59.6 cm³/mol. The van der Waals surface area contributed by atoms with Crippen molar-refractivity contribution in [3.8, 4) is 12.3 Å². The first-order valence-corrected chi connectivity index (χ1v) is 5.16. The van der Waals surface area contributed by atoms with E-state index in [0.717, 1.165) is 18.3 Å². The Balaban J connectivity index is 2.92. The minimum absolute atomic E-state index is 0.0834. The highest BCUT2D eigenvalue weighted by Gasteiger charge is 2.32. The van der Waals surface area contributed by atoms with E-state index in [2.05, 4.69) is 10.9 Å². The fourth-order valence-electron chi connectivity index (χ4n) is 1.31. The molecule has 0 bridgehead atoms. The number of rotatable bonds is 3. The number of carbonyl (C=O) groups is 1. The molecule has 6 heteroatoms. The molecule has 0 aromatic carbocycles. The Morgan fingerprint density at radius 2 is 2.17 bits per heavy atom. The van der Waals surface area contributed by atoms with Crippen LogP contribution >= 0.6 is 0 Å². The third kappa shape index (κ3) is 3.23. The van der Waals surface area contributed by atoms with Crippen LogP contribution < -0.4 is 0 Å². The third-order valence-corrected chi connectivity index (χ3v) is 2.25. The Morgan fingerprint density at radius 3 is 2.56 bits per heavy atom. The lowest BCUT2D eigenvalue weighted by Gasteiger charge is -2.17. The molecule has 96 valence electrons. The number of amides is 1. The maximum absolute atomic E-state index is 12.3. The summed E-state index contributed by atoms with van der Waals surface area (Å²) in [5, 5.41) is 0. The average molecular weight is 256 g/mol. The molecule has 1 heterocycles. The lowest BCUT2D eigenvalue weighted by atomic mass is 10.2. The number of aromatic nitrogens is 1. The predicted octanol–water partition coefficient (Wildman–Crippen LogP) is 2.20. The summed E-state index contributed by atoms with van der Waals surface area (Å²) < 4.78 is 36.8. The molecule has 0 atom stereocenters. The van der Waals surface area contributed by atoms with E-state index in [-0.39, 0.29) is 12.1 Å². The zero-order valence-corrected chi connectivity index (χ0v) is 9.66. The molecule has 1 aromatic rings. The molecular formula is C12H11F3N2O. The first-order chi connectivity index (χ1) is 8.40. The summed E-state index contributed by atoms with van der Waals surface area (Å²) in [7, 11) is 0. The van der Waals surface area contributed by atoms with Gasteiger partial charge in [0.15, 0.2) is 0 Å². The number of hydrogen-bond donors (Lipinski definition) is 0. The van der Waals surface area contributed by atoms with Crippen LogP contribution in [-0.2, 0) is 6.18 Å². The molecule has 1 amide bonds. The van der Waals surface area contributed by atoms with Crippen LogP contribution in [0, 0.1) is 12.3 Å². The quantitative estimate of drug-likeness (QED) is 0.777. The smallest absolute Gasteiger partial charge is 0.328 e.